The maximum absolute atomic E-state index is 12.7. The molecule has 2 N–H and O–H groups in total. The largest absolute Gasteiger partial charge is 0.465 e. The fraction of sp³-hybridized carbons (Fsp3) is 0.294. The fourth-order valence-corrected chi connectivity index (χ4v) is 4.80. The number of nitrogens with one attached hydrogen (secondary N) is 2. The van der Waals surface area contributed by atoms with Crippen LogP contribution in [-0.4, -0.2) is 33.7 Å². The summed E-state index contributed by atoms with van der Waals surface area (Å²) in [4.78, 5) is 26.0. The van der Waals surface area contributed by atoms with Crippen LogP contribution in [0.2, 0.25) is 0 Å². The number of para-hydroxylation sites is 1. The highest BCUT2D eigenvalue weighted by atomic mass is 32.2. The van der Waals surface area contributed by atoms with Crippen molar-refractivity contribution in [3.05, 3.63) is 45.8 Å². The predicted molar refractivity (Wildman–Crippen MR) is 101 cm³/mol. The Morgan fingerprint density at radius 2 is 1.92 bits per heavy atom. The quantitative estimate of drug-likeness (QED) is 0.759. The highest BCUT2D eigenvalue weighted by Crippen LogP contribution is 2.39. The van der Waals surface area contributed by atoms with Crippen LogP contribution in [0, 0.1) is 0 Å². The Kier molecular flexibility index (Phi) is 5.01. The molecule has 0 fully saturated rings. The van der Waals surface area contributed by atoms with Crippen LogP contribution < -0.4 is 10.0 Å². The van der Waals surface area contributed by atoms with Crippen LogP contribution in [0.25, 0.3) is 0 Å². The van der Waals surface area contributed by atoms with Gasteiger partial charge in [0.2, 0.25) is 10.0 Å². The first-order valence-electron chi connectivity index (χ1n) is 7.91. The minimum atomic E-state index is -3.53. The first-order chi connectivity index (χ1) is 12.3. The molecule has 3 rings (SSSR count). The molecule has 0 saturated heterocycles. The second-order valence-electron chi connectivity index (χ2n) is 5.93. The lowest BCUT2D eigenvalue weighted by Gasteiger charge is -2.11. The van der Waals surface area contributed by atoms with Crippen molar-refractivity contribution < 1.29 is 22.7 Å². The van der Waals surface area contributed by atoms with E-state index < -0.39 is 21.9 Å². The summed E-state index contributed by atoms with van der Waals surface area (Å²) in [6.07, 6.45) is 3.63. The van der Waals surface area contributed by atoms with Gasteiger partial charge in [-0.05, 0) is 37.0 Å². The van der Waals surface area contributed by atoms with Crippen LogP contribution in [0.1, 0.15) is 37.6 Å². The molecule has 2 aromatic rings. The molecular weight excluding hydrogens is 376 g/mol. The van der Waals surface area contributed by atoms with E-state index in [9.17, 15) is 18.0 Å². The van der Waals surface area contributed by atoms with Gasteiger partial charge in [0.15, 0.2) is 0 Å². The number of carbonyl (C=O) groups is 2. The van der Waals surface area contributed by atoms with Gasteiger partial charge in [0.1, 0.15) is 5.00 Å². The van der Waals surface area contributed by atoms with Crippen molar-refractivity contribution in [2.24, 2.45) is 0 Å². The summed E-state index contributed by atoms with van der Waals surface area (Å²) in [7, 11) is -2.23. The average molecular weight is 394 g/mol. The molecule has 26 heavy (non-hydrogen) atoms. The number of aryl methyl sites for hydroxylation is 1. The third-order valence-corrected chi connectivity index (χ3v) is 5.80. The second-order valence-corrected chi connectivity index (χ2v) is 8.78. The zero-order valence-electron chi connectivity index (χ0n) is 14.3. The van der Waals surface area contributed by atoms with Gasteiger partial charge in [-0.15, -0.1) is 11.3 Å². The van der Waals surface area contributed by atoms with E-state index in [4.69, 9.17) is 4.74 Å². The van der Waals surface area contributed by atoms with Crippen molar-refractivity contribution in [3.63, 3.8) is 0 Å². The number of ether oxygens (including phenoxy) is 1. The van der Waals surface area contributed by atoms with Crippen molar-refractivity contribution in [2.75, 3.05) is 23.4 Å². The third-order valence-electron chi connectivity index (χ3n) is 4.00. The molecule has 0 saturated carbocycles. The van der Waals surface area contributed by atoms with Crippen LogP contribution >= 0.6 is 11.3 Å². The van der Waals surface area contributed by atoms with E-state index in [2.05, 4.69) is 10.0 Å². The molecule has 0 bridgehead atoms. The molecule has 1 heterocycles. The number of hydrogen-bond acceptors (Lipinski definition) is 6. The minimum absolute atomic E-state index is 0.169. The standard InChI is InChI=1S/C17H18N2O5S2/c1-24-17(21)14-11-7-5-9-13(11)25-16(14)18-15(20)10-6-3-4-8-12(10)19-26(2,22)23/h3-4,6,8,19H,5,7,9H2,1-2H3,(H,18,20). The number of carbonyl (C=O) groups excluding carboxylic acids is 2. The molecule has 9 heteroatoms. The summed E-state index contributed by atoms with van der Waals surface area (Å²) < 4.78 is 30.2. The number of anilines is 2. The molecule has 7 nitrogen and oxygen atoms in total. The number of benzene rings is 1. The van der Waals surface area contributed by atoms with Gasteiger partial charge in [-0.3, -0.25) is 9.52 Å². The fourth-order valence-electron chi connectivity index (χ4n) is 2.95. The smallest absolute Gasteiger partial charge is 0.341 e. The van der Waals surface area contributed by atoms with Gasteiger partial charge in [0.05, 0.1) is 30.2 Å². The van der Waals surface area contributed by atoms with E-state index in [1.807, 2.05) is 0 Å². The number of rotatable bonds is 5. The number of methoxy groups -OCH3 is 1. The highest BCUT2D eigenvalue weighted by molar-refractivity contribution is 7.92. The molecule has 0 atom stereocenters. The Morgan fingerprint density at radius 1 is 1.19 bits per heavy atom. The summed E-state index contributed by atoms with van der Waals surface area (Å²) in [5.41, 5.74) is 1.67. The molecule has 0 radical (unpaired) electrons. The van der Waals surface area contributed by atoms with Crippen molar-refractivity contribution in [1.82, 2.24) is 0 Å². The number of fused-ring (bicyclic) bond motifs is 1. The zero-order valence-corrected chi connectivity index (χ0v) is 15.9. The molecule has 1 aliphatic carbocycles. The van der Waals surface area contributed by atoms with Crippen LogP contribution in [-0.2, 0) is 27.6 Å². The van der Waals surface area contributed by atoms with E-state index >= 15 is 0 Å². The normalized spacial score (nSPS) is 13.2. The van der Waals surface area contributed by atoms with Gasteiger partial charge in [-0.1, -0.05) is 12.1 Å². The predicted octanol–water partition coefficient (Wildman–Crippen LogP) is 2.65. The zero-order chi connectivity index (χ0) is 18.9. The first kappa shape index (κ1) is 18.4. The Hall–Kier alpha value is -2.39. The molecular formula is C17H18N2O5S2. The lowest BCUT2D eigenvalue weighted by Crippen LogP contribution is -2.18. The molecule has 138 valence electrons. The molecule has 1 amide bonds. The summed E-state index contributed by atoms with van der Waals surface area (Å²) in [6.45, 7) is 0. The van der Waals surface area contributed by atoms with E-state index in [1.165, 1.54) is 30.6 Å². The number of sulfonamides is 1. The summed E-state index contributed by atoms with van der Waals surface area (Å²) in [5.74, 6) is -0.982. The van der Waals surface area contributed by atoms with Gasteiger partial charge in [-0.25, -0.2) is 13.2 Å². The third kappa shape index (κ3) is 3.73. The average Bonchev–Trinajstić information content (AvgIpc) is 3.13. The molecule has 0 unspecified atom stereocenters. The second kappa shape index (κ2) is 7.08. The van der Waals surface area contributed by atoms with Crippen molar-refractivity contribution in [1.29, 1.82) is 0 Å². The maximum atomic E-state index is 12.7. The first-order valence-corrected chi connectivity index (χ1v) is 10.6. The number of esters is 1. The van der Waals surface area contributed by atoms with E-state index in [-0.39, 0.29) is 11.3 Å². The Balaban J connectivity index is 1.94. The van der Waals surface area contributed by atoms with Crippen molar-refractivity contribution in [3.8, 4) is 0 Å². The van der Waals surface area contributed by atoms with Crippen LogP contribution in [0.4, 0.5) is 10.7 Å². The topological polar surface area (TPSA) is 102 Å². The number of thiophene rings is 1. The summed E-state index contributed by atoms with van der Waals surface area (Å²) in [6, 6.07) is 6.29. The molecule has 0 aliphatic heterocycles. The Bertz CT molecular complexity index is 979. The summed E-state index contributed by atoms with van der Waals surface area (Å²) in [5, 5.41) is 3.17. The molecule has 0 spiro atoms. The Morgan fingerprint density at radius 3 is 2.62 bits per heavy atom. The van der Waals surface area contributed by atoms with Gasteiger partial charge in [-0.2, -0.15) is 0 Å². The monoisotopic (exact) mass is 394 g/mol. The van der Waals surface area contributed by atoms with Crippen LogP contribution in [0.5, 0.6) is 0 Å². The lowest BCUT2D eigenvalue weighted by atomic mass is 10.1. The maximum Gasteiger partial charge on any atom is 0.341 e. The number of amides is 1. The lowest BCUT2D eigenvalue weighted by molar-refractivity contribution is 0.0601. The van der Waals surface area contributed by atoms with Crippen LogP contribution in [0.15, 0.2) is 24.3 Å². The van der Waals surface area contributed by atoms with E-state index in [0.717, 1.165) is 36.0 Å². The van der Waals surface area contributed by atoms with Crippen molar-refractivity contribution in [2.45, 2.75) is 19.3 Å². The van der Waals surface area contributed by atoms with Gasteiger partial charge < -0.3 is 10.1 Å². The molecule has 1 aromatic heterocycles. The van der Waals surface area contributed by atoms with Gasteiger partial charge in [0, 0.05) is 4.88 Å². The van der Waals surface area contributed by atoms with Crippen molar-refractivity contribution >= 4 is 43.9 Å². The van der Waals surface area contributed by atoms with E-state index in [0.29, 0.717) is 10.6 Å². The van der Waals surface area contributed by atoms with Gasteiger partial charge >= 0.3 is 5.97 Å². The molecule has 1 aliphatic rings. The summed E-state index contributed by atoms with van der Waals surface area (Å²) >= 11 is 1.36. The van der Waals surface area contributed by atoms with E-state index in [1.54, 1.807) is 12.1 Å². The Labute approximate surface area is 155 Å². The highest BCUT2D eigenvalue weighted by Gasteiger charge is 2.28. The molecule has 1 aromatic carbocycles. The minimum Gasteiger partial charge on any atom is -0.465 e. The van der Waals surface area contributed by atoms with Gasteiger partial charge in [0.25, 0.3) is 5.91 Å². The van der Waals surface area contributed by atoms with Crippen LogP contribution in [0.3, 0.4) is 0 Å². The number of hydrogen-bond donors (Lipinski definition) is 2. The SMILES string of the molecule is COC(=O)c1c(NC(=O)c2ccccc2NS(C)(=O)=O)sc2c1CCC2.